The van der Waals surface area contributed by atoms with Gasteiger partial charge in [0.1, 0.15) is 11.5 Å². The van der Waals surface area contributed by atoms with Gasteiger partial charge in [0.15, 0.2) is 9.84 Å². The van der Waals surface area contributed by atoms with Gasteiger partial charge in [0.25, 0.3) is 5.91 Å². The van der Waals surface area contributed by atoms with Crippen LogP contribution in [0.5, 0.6) is 0 Å². The lowest BCUT2D eigenvalue weighted by Gasteiger charge is -2.27. The van der Waals surface area contributed by atoms with Crippen LogP contribution in [0, 0.1) is 6.92 Å². The molecule has 2 aliphatic rings. The van der Waals surface area contributed by atoms with E-state index in [1.54, 1.807) is 0 Å². The zero-order valence-corrected chi connectivity index (χ0v) is 15.0. The Labute approximate surface area is 145 Å². The van der Waals surface area contributed by atoms with Crippen LogP contribution in [-0.4, -0.2) is 42.8 Å². The SMILES string of the molecule is Cc1ccc(-c2ccc(C(=O)N(C3CC3)C3CCS(=O)(=O)C3)s2)o1. The molecule has 1 amide bonds. The number of aryl methyl sites for hydroxylation is 1. The van der Waals surface area contributed by atoms with Crippen LogP contribution in [0.1, 0.15) is 34.7 Å². The predicted octanol–water partition coefficient (Wildman–Crippen LogP) is 3.11. The van der Waals surface area contributed by atoms with Crippen molar-refractivity contribution in [1.29, 1.82) is 0 Å². The van der Waals surface area contributed by atoms with Gasteiger partial charge in [-0.1, -0.05) is 0 Å². The summed E-state index contributed by atoms with van der Waals surface area (Å²) in [6.45, 7) is 1.89. The van der Waals surface area contributed by atoms with Crippen molar-refractivity contribution < 1.29 is 17.6 Å². The smallest absolute Gasteiger partial charge is 0.264 e. The van der Waals surface area contributed by atoms with E-state index in [1.165, 1.54) is 11.3 Å². The molecular formula is C17H19NO4S2. The summed E-state index contributed by atoms with van der Waals surface area (Å²) < 4.78 is 29.2. The zero-order valence-electron chi connectivity index (χ0n) is 13.4. The van der Waals surface area contributed by atoms with Crippen molar-refractivity contribution >= 4 is 27.1 Å². The van der Waals surface area contributed by atoms with Gasteiger partial charge in [-0.25, -0.2) is 8.42 Å². The number of carbonyl (C=O) groups is 1. The minimum absolute atomic E-state index is 0.0425. The standard InChI is InChI=1S/C17H19NO4S2/c1-11-2-5-14(22-11)15-6-7-16(23-15)17(19)18(12-3-4-12)13-8-9-24(20,21)10-13/h2,5-7,12-13H,3-4,8-10H2,1H3. The number of hydrogen-bond donors (Lipinski definition) is 0. The second kappa shape index (κ2) is 5.74. The summed E-state index contributed by atoms with van der Waals surface area (Å²) in [6.07, 6.45) is 2.50. The van der Waals surface area contributed by atoms with Crippen LogP contribution in [0.15, 0.2) is 28.7 Å². The Balaban J connectivity index is 1.58. The summed E-state index contributed by atoms with van der Waals surface area (Å²) in [7, 11) is -3.00. The lowest BCUT2D eigenvalue weighted by molar-refractivity contribution is 0.0686. The van der Waals surface area contributed by atoms with Crippen molar-refractivity contribution in [1.82, 2.24) is 4.90 Å². The normalized spacial score (nSPS) is 22.6. The van der Waals surface area contributed by atoms with Crippen LogP contribution in [-0.2, 0) is 9.84 Å². The number of hydrogen-bond acceptors (Lipinski definition) is 5. The maximum atomic E-state index is 13.0. The average Bonchev–Trinajstić information content (AvgIpc) is 2.94. The fraction of sp³-hybridized carbons (Fsp3) is 0.471. The molecule has 2 aromatic heterocycles. The number of sulfone groups is 1. The molecule has 3 heterocycles. The highest BCUT2D eigenvalue weighted by Crippen LogP contribution is 2.36. The van der Waals surface area contributed by atoms with Gasteiger partial charge in [0.05, 0.1) is 21.3 Å². The molecular weight excluding hydrogens is 346 g/mol. The van der Waals surface area contributed by atoms with E-state index >= 15 is 0 Å². The van der Waals surface area contributed by atoms with Gasteiger partial charge in [-0.05, 0) is 50.5 Å². The van der Waals surface area contributed by atoms with Gasteiger partial charge in [-0.15, -0.1) is 11.3 Å². The Morgan fingerprint density at radius 2 is 1.96 bits per heavy atom. The summed E-state index contributed by atoms with van der Waals surface area (Å²) in [5.74, 6) is 1.85. The predicted molar refractivity (Wildman–Crippen MR) is 93.0 cm³/mol. The van der Waals surface area contributed by atoms with Crippen molar-refractivity contribution in [2.45, 2.75) is 38.3 Å². The Morgan fingerprint density at radius 3 is 2.54 bits per heavy atom. The quantitative estimate of drug-likeness (QED) is 0.835. The molecule has 1 aliphatic heterocycles. The highest BCUT2D eigenvalue weighted by Gasteiger charge is 2.42. The summed E-state index contributed by atoms with van der Waals surface area (Å²) >= 11 is 1.41. The highest BCUT2D eigenvalue weighted by molar-refractivity contribution is 7.91. The molecule has 1 atom stereocenters. The number of amides is 1. The van der Waals surface area contributed by atoms with E-state index in [0.29, 0.717) is 11.3 Å². The monoisotopic (exact) mass is 365 g/mol. The van der Waals surface area contributed by atoms with Gasteiger partial charge in [-0.3, -0.25) is 4.79 Å². The third kappa shape index (κ3) is 3.02. The van der Waals surface area contributed by atoms with Crippen molar-refractivity contribution in [3.63, 3.8) is 0 Å². The molecule has 128 valence electrons. The molecule has 1 unspecified atom stereocenters. The number of rotatable bonds is 4. The first-order chi connectivity index (χ1) is 11.4. The molecule has 2 fully saturated rings. The van der Waals surface area contributed by atoms with Gasteiger partial charge < -0.3 is 9.32 Å². The lowest BCUT2D eigenvalue weighted by atomic mass is 10.2. The summed E-state index contributed by atoms with van der Waals surface area (Å²) in [6, 6.07) is 7.54. The van der Waals surface area contributed by atoms with E-state index in [9.17, 15) is 13.2 Å². The Morgan fingerprint density at radius 1 is 1.17 bits per heavy atom. The van der Waals surface area contributed by atoms with Crippen LogP contribution < -0.4 is 0 Å². The number of furan rings is 1. The van der Waals surface area contributed by atoms with Crippen LogP contribution in [0.3, 0.4) is 0 Å². The highest BCUT2D eigenvalue weighted by atomic mass is 32.2. The van der Waals surface area contributed by atoms with E-state index in [2.05, 4.69) is 0 Å². The number of thiophene rings is 1. The molecule has 1 saturated carbocycles. The Bertz CT molecular complexity index is 876. The summed E-state index contributed by atoms with van der Waals surface area (Å²) in [5.41, 5.74) is 0. The fourth-order valence-corrected chi connectivity index (χ4v) is 5.88. The van der Waals surface area contributed by atoms with Crippen LogP contribution >= 0.6 is 11.3 Å². The second-order valence-electron chi connectivity index (χ2n) is 6.57. The molecule has 24 heavy (non-hydrogen) atoms. The maximum absolute atomic E-state index is 13.0. The molecule has 0 N–H and O–H groups in total. The molecule has 2 aromatic rings. The van der Waals surface area contributed by atoms with E-state index < -0.39 is 9.84 Å². The van der Waals surface area contributed by atoms with Crippen LogP contribution in [0.25, 0.3) is 10.6 Å². The van der Waals surface area contributed by atoms with Crippen LogP contribution in [0.2, 0.25) is 0 Å². The van der Waals surface area contributed by atoms with Crippen molar-refractivity contribution in [3.05, 3.63) is 34.9 Å². The second-order valence-corrected chi connectivity index (χ2v) is 9.89. The molecule has 0 aromatic carbocycles. The Hall–Kier alpha value is -1.60. The van der Waals surface area contributed by atoms with Crippen molar-refractivity contribution in [2.75, 3.05) is 11.5 Å². The first-order valence-electron chi connectivity index (χ1n) is 8.13. The van der Waals surface area contributed by atoms with Gasteiger partial charge in [0.2, 0.25) is 0 Å². The van der Waals surface area contributed by atoms with Gasteiger partial charge in [-0.2, -0.15) is 0 Å². The first-order valence-corrected chi connectivity index (χ1v) is 10.8. The third-order valence-electron chi connectivity index (χ3n) is 4.58. The largest absolute Gasteiger partial charge is 0.461 e. The third-order valence-corrected chi connectivity index (χ3v) is 7.41. The fourth-order valence-electron chi connectivity index (χ4n) is 3.26. The van der Waals surface area contributed by atoms with Gasteiger partial charge in [0, 0.05) is 12.1 Å². The zero-order chi connectivity index (χ0) is 16.9. The molecule has 0 spiro atoms. The minimum atomic E-state index is -3.00. The molecule has 4 rings (SSSR count). The topological polar surface area (TPSA) is 67.6 Å². The van der Waals surface area contributed by atoms with E-state index in [4.69, 9.17) is 4.42 Å². The molecule has 1 aliphatic carbocycles. The maximum Gasteiger partial charge on any atom is 0.264 e. The van der Waals surface area contributed by atoms with Crippen LogP contribution in [0.4, 0.5) is 0 Å². The number of carbonyl (C=O) groups excluding carboxylic acids is 1. The molecule has 7 heteroatoms. The lowest BCUT2D eigenvalue weighted by Crippen LogP contribution is -2.42. The van der Waals surface area contributed by atoms with E-state index in [1.807, 2.05) is 36.1 Å². The van der Waals surface area contributed by atoms with Gasteiger partial charge >= 0.3 is 0 Å². The average molecular weight is 365 g/mol. The van der Waals surface area contributed by atoms with E-state index in [0.717, 1.165) is 29.2 Å². The van der Waals surface area contributed by atoms with Crippen molar-refractivity contribution in [2.24, 2.45) is 0 Å². The first kappa shape index (κ1) is 15.9. The van der Waals surface area contributed by atoms with E-state index in [-0.39, 0.29) is 29.5 Å². The minimum Gasteiger partial charge on any atom is -0.461 e. The molecule has 0 bridgehead atoms. The Kier molecular flexibility index (Phi) is 3.80. The summed E-state index contributed by atoms with van der Waals surface area (Å²) in [5, 5.41) is 0. The molecule has 0 radical (unpaired) electrons. The number of nitrogens with zero attached hydrogens (tertiary/aromatic N) is 1. The summed E-state index contributed by atoms with van der Waals surface area (Å²) in [4.78, 5) is 16.4. The van der Waals surface area contributed by atoms with Crippen molar-refractivity contribution in [3.8, 4) is 10.6 Å². The molecule has 5 nitrogen and oxygen atoms in total. The molecule has 1 saturated heterocycles.